The van der Waals surface area contributed by atoms with Crippen LogP contribution in [0.1, 0.15) is 29.3 Å². The predicted molar refractivity (Wildman–Crippen MR) is 109 cm³/mol. The Bertz CT molecular complexity index is 1050. The lowest BCUT2D eigenvalue weighted by molar-refractivity contribution is -0.0264. The second-order valence-corrected chi connectivity index (χ2v) is 8.97. The highest BCUT2D eigenvalue weighted by Gasteiger charge is 2.48. The number of fused-ring (bicyclic) bond motifs is 1. The third kappa shape index (κ3) is 3.73. The van der Waals surface area contributed by atoms with Crippen LogP contribution >= 0.6 is 34.8 Å². The minimum absolute atomic E-state index is 0.0358. The van der Waals surface area contributed by atoms with Crippen molar-refractivity contribution in [1.82, 2.24) is 4.72 Å². The Balaban J connectivity index is 2.20. The van der Waals surface area contributed by atoms with Gasteiger partial charge < -0.3 is 4.74 Å². The fraction of sp³-hybridized carbons (Fsp3) is 0.211. The first-order chi connectivity index (χ1) is 13.2. The van der Waals surface area contributed by atoms with Crippen LogP contribution in [-0.2, 0) is 20.5 Å². The highest BCUT2D eigenvalue weighted by atomic mass is 35.5. The SMILES string of the molecule is CCCOC1(NS(=O)(=O)c2ccc(Cl)cc2)C(Cl)=C(Cl)C(=O)c2ccccc21. The number of halogens is 3. The van der Waals surface area contributed by atoms with Crippen molar-refractivity contribution in [2.45, 2.75) is 24.0 Å². The summed E-state index contributed by atoms with van der Waals surface area (Å²) in [6.07, 6.45) is 0.586. The number of hydrogen-bond donors (Lipinski definition) is 1. The molecule has 0 saturated carbocycles. The van der Waals surface area contributed by atoms with E-state index in [1.807, 2.05) is 6.92 Å². The Morgan fingerprint density at radius 2 is 1.68 bits per heavy atom. The number of rotatable bonds is 6. The van der Waals surface area contributed by atoms with Gasteiger partial charge in [0.1, 0.15) is 5.03 Å². The molecule has 1 N–H and O–H groups in total. The summed E-state index contributed by atoms with van der Waals surface area (Å²) in [5.74, 6) is -0.497. The van der Waals surface area contributed by atoms with E-state index in [-0.39, 0.29) is 32.7 Å². The summed E-state index contributed by atoms with van der Waals surface area (Å²) < 4.78 is 34.6. The number of hydrogen-bond acceptors (Lipinski definition) is 4. The van der Waals surface area contributed by atoms with Gasteiger partial charge in [0.25, 0.3) is 0 Å². The van der Waals surface area contributed by atoms with Gasteiger partial charge in [0.05, 0.1) is 9.93 Å². The molecule has 5 nitrogen and oxygen atoms in total. The van der Waals surface area contributed by atoms with Crippen LogP contribution in [0.3, 0.4) is 0 Å². The summed E-state index contributed by atoms with van der Waals surface area (Å²) in [7, 11) is -4.10. The highest BCUT2D eigenvalue weighted by molar-refractivity contribution is 7.89. The molecule has 28 heavy (non-hydrogen) atoms. The fourth-order valence-corrected chi connectivity index (χ4v) is 4.83. The molecule has 0 amide bonds. The molecule has 1 aliphatic rings. The lowest BCUT2D eigenvalue weighted by Crippen LogP contribution is -2.51. The van der Waals surface area contributed by atoms with Gasteiger partial charge in [-0.2, -0.15) is 4.72 Å². The van der Waals surface area contributed by atoms with E-state index in [4.69, 9.17) is 39.5 Å². The summed E-state index contributed by atoms with van der Waals surface area (Å²) >= 11 is 18.4. The third-order valence-electron chi connectivity index (χ3n) is 4.18. The smallest absolute Gasteiger partial charge is 0.243 e. The van der Waals surface area contributed by atoms with Gasteiger partial charge >= 0.3 is 0 Å². The van der Waals surface area contributed by atoms with E-state index in [1.165, 1.54) is 24.3 Å². The molecular weight excluding hydrogens is 445 g/mol. The number of benzene rings is 2. The summed E-state index contributed by atoms with van der Waals surface area (Å²) in [5, 5.41) is -0.135. The van der Waals surface area contributed by atoms with Crippen LogP contribution in [0.15, 0.2) is 63.5 Å². The third-order valence-corrected chi connectivity index (χ3v) is 6.79. The molecule has 1 aliphatic carbocycles. The molecule has 0 fully saturated rings. The van der Waals surface area contributed by atoms with Gasteiger partial charge in [-0.3, -0.25) is 4.79 Å². The first kappa shape index (κ1) is 21.3. The number of allylic oxidation sites excluding steroid dienone is 1. The zero-order valence-corrected chi connectivity index (χ0v) is 17.8. The maximum absolute atomic E-state index is 13.1. The molecule has 148 valence electrons. The zero-order valence-electron chi connectivity index (χ0n) is 14.7. The summed E-state index contributed by atoms with van der Waals surface area (Å²) in [6.45, 7) is 2.03. The molecule has 0 aromatic heterocycles. The van der Waals surface area contributed by atoms with Crippen LogP contribution in [0.5, 0.6) is 0 Å². The summed E-state index contributed by atoms with van der Waals surface area (Å²) in [6, 6.07) is 12.1. The second-order valence-electron chi connectivity index (χ2n) is 6.09. The molecule has 2 aromatic carbocycles. The molecule has 9 heteroatoms. The number of carbonyl (C=O) groups excluding carboxylic acids is 1. The molecule has 3 rings (SSSR count). The van der Waals surface area contributed by atoms with E-state index in [1.54, 1.807) is 24.3 Å². The van der Waals surface area contributed by atoms with E-state index >= 15 is 0 Å². The maximum atomic E-state index is 13.1. The Morgan fingerprint density at radius 1 is 1.04 bits per heavy atom. The molecule has 0 aliphatic heterocycles. The van der Waals surface area contributed by atoms with E-state index < -0.39 is 21.5 Å². The van der Waals surface area contributed by atoms with Gasteiger partial charge in [0, 0.05) is 22.8 Å². The van der Waals surface area contributed by atoms with Gasteiger partial charge in [-0.15, -0.1) is 0 Å². The zero-order chi connectivity index (χ0) is 20.5. The first-order valence-corrected chi connectivity index (χ1v) is 11.0. The van der Waals surface area contributed by atoms with Gasteiger partial charge in [0.2, 0.25) is 15.8 Å². The highest BCUT2D eigenvalue weighted by Crippen LogP contribution is 2.44. The lowest BCUT2D eigenvalue weighted by Gasteiger charge is -2.38. The van der Waals surface area contributed by atoms with Crippen molar-refractivity contribution in [2.24, 2.45) is 0 Å². The van der Waals surface area contributed by atoms with Gasteiger partial charge in [0.15, 0.2) is 5.72 Å². The van der Waals surface area contributed by atoms with Crippen LogP contribution in [0, 0.1) is 0 Å². The average Bonchev–Trinajstić information content (AvgIpc) is 2.69. The minimum atomic E-state index is -4.10. The lowest BCUT2D eigenvalue weighted by atomic mass is 9.89. The number of ether oxygens (including phenoxy) is 1. The van der Waals surface area contributed by atoms with Crippen molar-refractivity contribution in [3.63, 3.8) is 0 Å². The topological polar surface area (TPSA) is 72.5 Å². The van der Waals surface area contributed by atoms with Crippen LogP contribution < -0.4 is 4.72 Å². The number of carbonyl (C=O) groups is 1. The first-order valence-electron chi connectivity index (χ1n) is 8.36. The van der Waals surface area contributed by atoms with Crippen molar-refractivity contribution in [3.05, 3.63) is 74.7 Å². The number of ketones is 1. The molecular formula is C19H16Cl3NO4S. The van der Waals surface area contributed by atoms with Gasteiger partial charge in [-0.1, -0.05) is 66.0 Å². The maximum Gasteiger partial charge on any atom is 0.243 e. The van der Waals surface area contributed by atoms with Gasteiger partial charge in [-0.05, 0) is 30.7 Å². The van der Waals surface area contributed by atoms with Crippen molar-refractivity contribution in [3.8, 4) is 0 Å². The second kappa shape index (κ2) is 8.14. The van der Waals surface area contributed by atoms with Crippen LogP contribution in [0.2, 0.25) is 5.02 Å². The van der Waals surface area contributed by atoms with Crippen molar-refractivity contribution in [2.75, 3.05) is 6.61 Å². The van der Waals surface area contributed by atoms with Crippen LogP contribution in [-0.4, -0.2) is 20.8 Å². The van der Waals surface area contributed by atoms with E-state index in [0.717, 1.165) is 0 Å². The quantitative estimate of drug-likeness (QED) is 0.630. The Hall–Kier alpha value is -1.41. The van der Waals surface area contributed by atoms with E-state index in [2.05, 4.69) is 4.72 Å². The predicted octanol–water partition coefficient (Wildman–Crippen LogP) is 4.78. The monoisotopic (exact) mass is 459 g/mol. The molecule has 0 radical (unpaired) electrons. The van der Waals surface area contributed by atoms with E-state index in [0.29, 0.717) is 11.4 Å². The Labute approximate surface area is 178 Å². The number of sulfonamides is 1. The summed E-state index contributed by atoms with van der Waals surface area (Å²) in [4.78, 5) is 12.5. The molecule has 2 aromatic rings. The number of Topliss-reactive ketones (excluding diaryl/α,β-unsaturated/α-hetero) is 1. The van der Waals surface area contributed by atoms with Crippen molar-refractivity contribution >= 4 is 50.6 Å². The minimum Gasteiger partial charge on any atom is -0.350 e. The average molecular weight is 461 g/mol. The fourth-order valence-electron chi connectivity index (χ4n) is 2.87. The number of nitrogens with one attached hydrogen (secondary N) is 1. The Kier molecular flexibility index (Phi) is 6.20. The van der Waals surface area contributed by atoms with Crippen molar-refractivity contribution < 1.29 is 17.9 Å². The molecule has 1 atom stereocenters. The molecule has 1 unspecified atom stereocenters. The van der Waals surface area contributed by atoms with Crippen LogP contribution in [0.4, 0.5) is 0 Å². The van der Waals surface area contributed by atoms with E-state index in [9.17, 15) is 13.2 Å². The Morgan fingerprint density at radius 3 is 2.32 bits per heavy atom. The molecule has 0 spiro atoms. The molecule has 0 saturated heterocycles. The molecule has 0 heterocycles. The standard InChI is InChI=1S/C19H16Cl3NO4S/c1-2-11-27-19(23-28(25,26)13-9-7-12(20)8-10-13)15-6-4-3-5-14(15)17(24)16(21)18(19)22/h3-10,23H,2,11H2,1H3. The summed E-state index contributed by atoms with van der Waals surface area (Å²) in [5.41, 5.74) is -1.33. The van der Waals surface area contributed by atoms with Crippen LogP contribution in [0.25, 0.3) is 0 Å². The van der Waals surface area contributed by atoms with Crippen molar-refractivity contribution in [1.29, 1.82) is 0 Å². The van der Waals surface area contributed by atoms with Gasteiger partial charge in [-0.25, -0.2) is 8.42 Å². The normalized spacial score (nSPS) is 19.6. The molecule has 0 bridgehead atoms. The largest absolute Gasteiger partial charge is 0.350 e.